The van der Waals surface area contributed by atoms with Crippen LogP contribution in [-0.2, 0) is 4.74 Å². The van der Waals surface area contributed by atoms with E-state index in [2.05, 4.69) is 34.8 Å². The Morgan fingerprint density at radius 2 is 2.35 bits per heavy atom. The first-order valence-electron chi connectivity index (χ1n) is 6.67. The fourth-order valence-corrected chi connectivity index (χ4v) is 3.61. The largest absolute Gasteiger partial charge is 0.383 e. The molecule has 0 bridgehead atoms. The lowest BCUT2D eigenvalue weighted by Crippen LogP contribution is -2.25. The maximum Gasteiger partial charge on any atom is 0.150 e. The van der Waals surface area contributed by atoms with Crippen molar-refractivity contribution in [1.82, 2.24) is 4.98 Å². The van der Waals surface area contributed by atoms with Gasteiger partial charge >= 0.3 is 0 Å². The summed E-state index contributed by atoms with van der Waals surface area (Å²) in [5.74, 6) is 0. The van der Waals surface area contributed by atoms with Crippen LogP contribution in [0.3, 0.4) is 0 Å². The summed E-state index contributed by atoms with van der Waals surface area (Å²) in [5, 5.41) is 3.53. The molecule has 6 heteroatoms. The van der Waals surface area contributed by atoms with Crippen LogP contribution in [0.2, 0.25) is 0 Å². The normalized spacial score (nSPS) is 12.8. The van der Waals surface area contributed by atoms with Crippen LogP contribution in [0.4, 0.5) is 5.69 Å². The SMILES string of the molecule is COCC(CCCN)Nc1ccc2nc(SC)sc2c1. The van der Waals surface area contributed by atoms with Gasteiger partial charge in [0.25, 0.3) is 0 Å². The van der Waals surface area contributed by atoms with Crippen molar-refractivity contribution in [3.05, 3.63) is 18.2 Å². The van der Waals surface area contributed by atoms with Gasteiger partial charge in [0.15, 0.2) is 4.34 Å². The van der Waals surface area contributed by atoms with Crippen LogP contribution < -0.4 is 11.1 Å². The fourth-order valence-electron chi connectivity index (χ4n) is 2.08. The zero-order valence-electron chi connectivity index (χ0n) is 11.9. The zero-order chi connectivity index (χ0) is 14.4. The molecule has 1 heterocycles. The second-order valence-corrected chi connectivity index (χ2v) is 6.68. The average molecular weight is 311 g/mol. The first-order chi connectivity index (χ1) is 9.76. The van der Waals surface area contributed by atoms with Gasteiger partial charge in [-0.25, -0.2) is 4.98 Å². The van der Waals surface area contributed by atoms with Crippen molar-refractivity contribution in [3.63, 3.8) is 0 Å². The number of fused-ring (bicyclic) bond motifs is 1. The van der Waals surface area contributed by atoms with Crippen molar-refractivity contribution in [1.29, 1.82) is 0 Å². The Morgan fingerprint density at radius 3 is 3.05 bits per heavy atom. The maximum atomic E-state index is 5.58. The molecule has 1 atom stereocenters. The molecule has 0 saturated heterocycles. The summed E-state index contributed by atoms with van der Waals surface area (Å²) in [5.41, 5.74) is 7.76. The second-order valence-electron chi connectivity index (χ2n) is 4.59. The third kappa shape index (κ3) is 4.09. The van der Waals surface area contributed by atoms with Gasteiger partial charge in [-0.05, 0) is 43.8 Å². The van der Waals surface area contributed by atoms with E-state index >= 15 is 0 Å². The van der Waals surface area contributed by atoms with Gasteiger partial charge in [-0.1, -0.05) is 11.8 Å². The van der Waals surface area contributed by atoms with Gasteiger partial charge in [0.05, 0.1) is 16.8 Å². The van der Waals surface area contributed by atoms with Crippen LogP contribution in [-0.4, -0.2) is 37.5 Å². The molecular weight excluding hydrogens is 290 g/mol. The minimum absolute atomic E-state index is 0.300. The number of anilines is 1. The predicted octanol–water partition coefficient (Wildman–Crippen LogP) is 3.18. The Kier molecular flexibility index (Phi) is 6.09. The van der Waals surface area contributed by atoms with Gasteiger partial charge in [-0.2, -0.15) is 0 Å². The summed E-state index contributed by atoms with van der Waals surface area (Å²) >= 11 is 3.42. The quantitative estimate of drug-likeness (QED) is 0.733. The second kappa shape index (κ2) is 7.83. The van der Waals surface area contributed by atoms with Crippen LogP contribution in [0.25, 0.3) is 10.2 Å². The van der Waals surface area contributed by atoms with E-state index in [9.17, 15) is 0 Å². The highest BCUT2D eigenvalue weighted by atomic mass is 32.2. The Balaban J connectivity index is 2.10. The topological polar surface area (TPSA) is 60.2 Å². The van der Waals surface area contributed by atoms with Crippen molar-refractivity contribution in [2.45, 2.75) is 23.2 Å². The van der Waals surface area contributed by atoms with E-state index in [-0.39, 0.29) is 0 Å². The smallest absolute Gasteiger partial charge is 0.150 e. The molecule has 3 N–H and O–H groups in total. The Hall–Kier alpha value is -0.820. The Bertz CT molecular complexity index is 544. The molecule has 0 aliphatic rings. The molecule has 0 fully saturated rings. The first kappa shape index (κ1) is 15.6. The number of benzene rings is 1. The molecule has 20 heavy (non-hydrogen) atoms. The van der Waals surface area contributed by atoms with Crippen LogP contribution in [0.5, 0.6) is 0 Å². The van der Waals surface area contributed by atoms with Crippen molar-refractivity contribution < 1.29 is 4.74 Å². The van der Waals surface area contributed by atoms with E-state index in [0.29, 0.717) is 19.2 Å². The number of methoxy groups -OCH3 is 1. The molecule has 0 saturated carbocycles. The van der Waals surface area contributed by atoms with E-state index in [1.807, 2.05) is 0 Å². The lowest BCUT2D eigenvalue weighted by atomic mass is 10.1. The number of ether oxygens (including phenoxy) is 1. The van der Waals surface area contributed by atoms with Crippen molar-refractivity contribution >= 4 is 39.0 Å². The first-order valence-corrected chi connectivity index (χ1v) is 8.71. The number of hydrogen-bond donors (Lipinski definition) is 2. The Labute approximate surface area is 128 Å². The van der Waals surface area contributed by atoms with E-state index < -0.39 is 0 Å². The molecule has 110 valence electrons. The molecule has 0 aliphatic heterocycles. The monoisotopic (exact) mass is 311 g/mol. The van der Waals surface area contributed by atoms with Gasteiger partial charge < -0.3 is 15.8 Å². The van der Waals surface area contributed by atoms with Gasteiger partial charge in [-0.15, -0.1) is 11.3 Å². The van der Waals surface area contributed by atoms with Crippen molar-refractivity contribution in [3.8, 4) is 0 Å². The molecule has 0 spiro atoms. The van der Waals surface area contributed by atoms with Gasteiger partial charge in [-0.3, -0.25) is 0 Å². The Morgan fingerprint density at radius 1 is 1.50 bits per heavy atom. The third-order valence-electron chi connectivity index (χ3n) is 3.04. The average Bonchev–Trinajstić information content (AvgIpc) is 2.87. The molecule has 2 rings (SSSR count). The molecule has 1 aromatic heterocycles. The minimum Gasteiger partial charge on any atom is -0.383 e. The van der Waals surface area contributed by atoms with Crippen LogP contribution >= 0.6 is 23.1 Å². The summed E-state index contributed by atoms with van der Waals surface area (Å²) in [7, 11) is 1.73. The molecule has 0 aliphatic carbocycles. The van der Waals surface area contributed by atoms with Gasteiger partial charge in [0, 0.05) is 18.8 Å². The maximum absolute atomic E-state index is 5.58. The highest BCUT2D eigenvalue weighted by Crippen LogP contribution is 2.30. The number of aromatic nitrogens is 1. The predicted molar refractivity (Wildman–Crippen MR) is 89.0 cm³/mol. The molecule has 1 aromatic carbocycles. The number of thiazole rings is 1. The van der Waals surface area contributed by atoms with Crippen molar-refractivity contribution in [2.75, 3.05) is 31.8 Å². The van der Waals surface area contributed by atoms with Crippen molar-refractivity contribution in [2.24, 2.45) is 5.73 Å². The summed E-state index contributed by atoms with van der Waals surface area (Å²) in [6.45, 7) is 1.41. The minimum atomic E-state index is 0.300. The summed E-state index contributed by atoms with van der Waals surface area (Å²) in [4.78, 5) is 4.55. The summed E-state index contributed by atoms with van der Waals surface area (Å²) in [6, 6.07) is 6.62. The van der Waals surface area contributed by atoms with Gasteiger partial charge in [0.1, 0.15) is 0 Å². The molecule has 4 nitrogen and oxygen atoms in total. The lowest BCUT2D eigenvalue weighted by Gasteiger charge is -2.18. The summed E-state index contributed by atoms with van der Waals surface area (Å²) in [6.07, 6.45) is 4.07. The molecule has 0 radical (unpaired) electrons. The highest BCUT2D eigenvalue weighted by Gasteiger charge is 2.09. The zero-order valence-corrected chi connectivity index (χ0v) is 13.5. The number of nitrogens with two attached hydrogens (primary N) is 1. The van der Waals surface area contributed by atoms with Crippen LogP contribution in [0, 0.1) is 0 Å². The van der Waals surface area contributed by atoms with E-state index in [0.717, 1.165) is 28.4 Å². The number of thioether (sulfide) groups is 1. The number of nitrogens with one attached hydrogen (secondary N) is 1. The lowest BCUT2D eigenvalue weighted by molar-refractivity contribution is 0.182. The number of rotatable bonds is 8. The van der Waals surface area contributed by atoms with E-state index in [1.54, 1.807) is 30.2 Å². The summed E-state index contributed by atoms with van der Waals surface area (Å²) < 4.78 is 7.59. The van der Waals surface area contributed by atoms with Gasteiger partial charge in [0.2, 0.25) is 0 Å². The number of nitrogens with zero attached hydrogens (tertiary/aromatic N) is 1. The van der Waals surface area contributed by atoms with E-state index in [4.69, 9.17) is 10.5 Å². The van der Waals surface area contributed by atoms with E-state index in [1.165, 1.54) is 4.70 Å². The molecule has 0 amide bonds. The standard InChI is InChI=1S/C14H21N3OS2/c1-18-9-11(4-3-7-15)16-10-5-6-12-13(8-10)20-14(17-12)19-2/h5-6,8,11,16H,3-4,7,9,15H2,1-2H3. The highest BCUT2D eigenvalue weighted by molar-refractivity contribution is 8.00. The number of hydrogen-bond acceptors (Lipinski definition) is 6. The molecular formula is C14H21N3OS2. The fraction of sp³-hybridized carbons (Fsp3) is 0.500. The van der Waals surface area contributed by atoms with Crippen LogP contribution in [0.1, 0.15) is 12.8 Å². The molecule has 1 unspecified atom stereocenters. The third-order valence-corrected chi connectivity index (χ3v) is 5.04. The van der Waals surface area contributed by atoms with Crippen LogP contribution in [0.15, 0.2) is 22.5 Å². The molecule has 2 aromatic rings.